The van der Waals surface area contributed by atoms with Gasteiger partial charge in [-0.05, 0) is 0 Å². The van der Waals surface area contributed by atoms with Crippen molar-refractivity contribution in [3.8, 4) is 0 Å². The first-order valence-corrected chi connectivity index (χ1v) is 2.35. The van der Waals surface area contributed by atoms with Crippen LogP contribution in [0, 0.1) is 0 Å². The summed E-state index contributed by atoms with van der Waals surface area (Å²) in [4.78, 5) is 21.6. The van der Waals surface area contributed by atoms with Crippen LogP contribution in [0.15, 0.2) is 0 Å². The number of phosphoric acid groups is 1. The van der Waals surface area contributed by atoms with Gasteiger partial charge in [-0.3, -0.25) is 0 Å². The van der Waals surface area contributed by atoms with Gasteiger partial charge in [0.25, 0.3) is 0 Å². The van der Waals surface area contributed by atoms with Crippen LogP contribution in [-0.2, 0) is 21.1 Å². The van der Waals surface area contributed by atoms with Gasteiger partial charge in [0, 0.05) is 16.5 Å². The van der Waals surface area contributed by atoms with Gasteiger partial charge in [0.05, 0.1) is 0 Å². The Hall–Kier alpha value is 2.24. The van der Waals surface area contributed by atoms with Crippen molar-refractivity contribution < 1.29 is 88.5 Å². The molecular weight excluding hydrogens is 193 g/mol. The summed E-state index contributed by atoms with van der Waals surface area (Å²) < 4.78 is 8.88. The normalized spacial score (nSPS) is 8.43. The van der Waals surface area contributed by atoms with E-state index in [0.29, 0.717) is 0 Å². The van der Waals surface area contributed by atoms with Crippen molar-refractivity contribution in [2.75, 3.05) is 0 Å². The summed E-state index contributed by atoms with van der Waals surface area (Å²) in [5.41, 5.74) is 0. The monoisotopic (exact) mass is 196 g/mol. The third-order valence-corrected chi connectivity index (χ3v) is 0. The molecule has 4 nitrogen and oxygen atoms in total. The number of rotatable bonds is 0. The molecule has 0 amide bonds. The first kappa shape index (κ1) is 16.1. The molecule has 0 aromatic carbocycles. The van der Waals surface area contributed by atoms with Crippen LogP contribution < -0.4 is 51.4 Å². The summed E-state index contributed by atoms with van der Waals surface area (Å²) in [6, 6.07) is 0. The van der Waals surface area contributed by atoms with Crippen molar-refractivity contribution in [1.82, 2.24) is 0 Å². The topological polar surface area (TPSA) is 77.8 Å². The van der Waals surface area contributed by atoms with Crippen molar-refractivity contribution in [3.05, 3.63) is 0 Å². The Morgan fingerprint density at radius 1 is 1.29 bits per heavy atom. The Morgan fingerprint density at radius 2 is 1.29 bits per heavy atom. The number of hydrogen-bond donors (Lipinski definition) is 3. The summed E-state index contributed by atoms with van der Waals surface area (Å²) >= 11 is 0. The van der Waals surface area contributed by atoms with E-state index in [2.05, 4.69) is 0 Å². The summed E-state index contributed by atoms with van der Waals surface area (Å²) in [7, 11) is -4.64. The minimum atomic E-state index is -4.64. The molecule has 0 saturated heterocycles. The third-order valence-electron chi connectivity index (χ3n) is 0. The Balaban J connectivity index is -0.0000000267. The van der Waals surface area contributed by atoms with Gasteiger partial charge < -0.3 is 16.1 Å². The molecule has 3 N–H and O–H groups in total. The summed E-state index contributed by atoms with van der Waals surface area (Å²) in [5.74, 6) is 0. The average Bonchev–Trinajstić information content (AvgIpc) is 0.722. The molecule has 0 atom stereocenters. The summed E-state index contributed by atoms with van der Waals surface area (Å²) in [5, 5.41) is 0. The molecule has 0 fully saturated rings. The van der Waals surface area contributed by atoms with E-state index in [9.17, 15) is 0 Å². The summed E-state index contributed by atoms with van der Waals surface area (Å²) in [6.45, 7) is 0. The van der Waals surface area contributed by atoms with Crippen molar-refractivity contribution in [2.45, 2.75) is 0 Å². The van der Waals surface area contributed by atoms with Gasteiger partial charge in [-0.25, -0.2) is 4.57 Å². The molecule has 0 saturated carbocycles. The van der Waals surface area contributed by atoms with Crippen molar-refractivity contribution in [2.24, 2.45) is 0 Å². The second-order valence-corrected chi connectivity index (χ2v) is 1.54. The van der Waals surface area contributed by atoms with E-state index in [4.69, 9.17) is 19.2 Å². The molecule has 44 valence electrons. The second-order valence-electron chi connectivity index (χ2n) is 0.513. The van der Waals surface area contributed by atoms with Crippen LogP contribution >= 0.6 is 7.82 Å². The molecule has 0 rings (SSSR count). The molecule has 0 aliphatic rings. The Labute approximate surface area is 94.8 Å². The van der Waals surface area contributed by atoms with Crippen LogP contribution in [0.4, 0.5) is 0 Å². The Bertz CT molecular complexity index is 62.2. The van der Waals surface area contributed by atoms with Crippen LogP contribution in [0.2, 0.25) is 0 Å². The van der Waals surface area contributed by atoms with Gasteiger partial charge in [-0.15, -0.1) is 0 Å². The van der Waals surface area contributed by atoms with E-state index in [1.54, 1.807) is 0 Å². The van der Waals surface area contributed by atoms with Crippen LogP contribution in [0.5, 0.6) is 0 Å². The molecule has 0 aliphatic heterocycles. The number of hydrogen-bond acceptors (Lipinski definition) is 1. The molecule has 0 unspecified atom stereocenters. The Kier molecular flexibility index (Phi) is 14.6. The smallest absolute Gasteiger partial charge is 1.00 e. The second kappa shape index (κ2) is 6.36. The van der Waals surface area contributed by atoms with E-state index >= 15 is 0 Å². The predicted octanol–water partition coefficient (Wildman–Crippen LogP) is -3.81. The van der Waals surface area contributed by atoms with Crippen molar-refractivity contribution in [1.29, 1.82) is 0 Å². The van der Waals surface area contributed by atoms with E-state index in [1.807, 2.05) is 0 Å². The minimum Gasteiger partial charge on any atom is -1.00 e. The molecule has 0 aromatic heterocycles. The predicted molar refractivity (Wildman–Crippen MR) is 15.4 cm³/mol. The zero-order chi connectivity index (χ0) is 4.50. The first-order valence-electron chi connectivity index (χ1n) is 0.783. The van der Waals surface area contributed by atoms with Crippen LogP contribution in [-0.4, -0.2) is 14.7 Å². The Morgan fingerprint density at radius 3 is 1.29 bits per heavy atom. The molecule has 7 heavy (non-hydrogen) atoms. The van der Waals surface area contributed by atoms with Gasteiger partial charge in [0.15, 0.2) is 0 Å². The van der Waals surface area contributed by atoms with E-state index in [0.717, 1.165) is 0 Å². The molecule has 0 aliphatic carbocycles. The molecule has 0 radical (unpaired) electrons. The molecule has 7 heteroatoms. The molecule has 0 spiro atoms. The SMILES string of the molecule is O=P(O)(O)O.[H-].[K+].[Ni]. The van der Waals surface area contributed by atoms with Crippen molar-refractivity contribution >= 4 is 7.82 Å². The van der Waals surface area contributed by atoms with E-state index in [1.165, 1.54) is 0 Å². The fraction of sp³-hybridized carbons (Fsp3) is 0. The fourth-order valence-electron chi connectivity index (χ4n) is 0. The average molecular weight is 197 g/mol. The van der Waals surface area contributed by atoms with E-state index in [-0.39, 0.29) is 69.3 Å². The molecule has 0 heterocycles. The molecule has 0 bridgehead atoms. The molecule has 0 aromatic rings. The van der Waals surface area contributed by atoms with Crippen LogP contribution in [0.3, 0.4) is 0 Å². The minimum absolute atomic E-state index is 0. The van der Waals surface area contributed by atoms with Crippen LogP contribution in [0.1, 0.15) is 1.43 Å². The quantitative estimate of drug-likeness (QED) is 0.274. The zero-order valence-corrected chi connectivity index (χ0v) is 8.52. The van der Waals surface area contributed by atoms with Gasteiger partial charge in [-0.1, -0.05) is 0 Å². The largest absolute Gasteiger partial charge is 1.00 e. The third kappa shape index (κ3) is 63.9. The van der Waals surface area contributed by atoms with Gasteiger partial charge in [-0.2, -0.15) is 0 Å². The zero-order valence-electron chi connectivity index (χ0n) is 4.51. The summed E-state index contributed by atoms with van der Waals surface area (Å²) in [6.07, 6.45) is 0. The first-order chi connectivity index (χ1) is 2.00. The standard InChI is InChI=1S/K.Ni.H3O4P.H/c;;1-5(2,3)4;/h;;(H3,1,2,3,4);/q+1;;;-1. The van der Waals surface area contributed by atoms with Gasteiger partial charge in [0.1, 0.15) is 0 Å². The maximum Gasteiger partial charge on any atom is 1.00 e. The maximum absolute atomic E-state index is 8.88. The van der Waals surface area contributed by atoms with Crippen LogP contribution in [0.25, 0.3) is 0 Å². The van der Waals surface area contributed by atoms with Gasteiger partial charge in [0.2, 0.25) is 0 Å². The van der Waals surface area contributed by atoms with Crippen molar-refractivity contribution in [3.63, 3.8) is 0 Å². The maximum atomic E-state index is 8.88. The van der Waals surface area contributed by atoms with E-state index < -0.39 is 7.82 Å². The molecular formula is H4KNiO4P. The van der Waals surface area contributed by atoms with Gasteiger partial charge >= 0.3 is 59.2 Å². The fourth-order valence-corrected chi connectivity index (χ4v) is 0.